The molecule has 0 aliphatic heterocycles. The predicted octanol–water partition coefficient (Wildman–Crippen LogP) is 3.29. The SMILES string of the molecule is COc1ccc(CN(C)CCNCc2sccc2C)cc1. The first-order valence-electron chi connectivity index (χ1n) is 7.24. The smallest absolute Gasteiger partial charge is 0.118 e. The van der Waals surface area contributed by atoms with Crippen molar-refractivity contribution in [2.24, 2.45) is 0 Å². The third kappa shape index (κ3) is 5.16. The van der Waals surface area contributed by atoms with E-state index in [1.165, 1.54) is 16.0 Å². The van der Waals surface area contributed by atoms with E-state index >= 15 is 0 Å². The van der Waals surface area contributed by atoms with Crippen molar-refractivity contribution < 1.29 is 4.74 Å². The molecule has 3 nitrogen and oxygen atoms in total. The van der Waals surface area contributed by atoms with Crippen molar-refractivity contribution >= 4 is 11.3 Å². The van der Waals surface area contributed by atoms with Crippen LogP contribution in [-0.4, -0.2) is 32.1 Å². The summed E-state index contributed by atoms with van der Waals surface area (Å²) in [6.45, 7) is 6.15. The number of likely N-dealkylation sites (N-methyl/N-ethyl adjacent to an activating group) is 1. The van der Waals surface area contributed by atoms with Gasteiger partial charge in [-0.15, -0.1) is 11.3 Å². The van der Waals surface area contributed by atoms with Gasteiger partial charge in [-0.2, -0.15) is 0 Å². The normalized spacial score (nSPS) is 11.0. The lowest BCUT2D eigenvalue weighted by atomic mass is 10.2. The van der Waals surface area contributed by atoms with Crippen LogP contribution in [0.5, 0.6) is 5.75 Å². The summed E-state index contributed by atoms with van der Waals surface area (Å²) in [5.74, 6) is 0.911. The number of hydrogen-bond donors (Lipinski definition) is 1. The summed E-state index contributed by atoms with van der Waals surface area (Å²) in [4.78, 5) is 3.77. The highest BCUT2D eigenvalue weighted by Gasteiger charge is 2.02. The lowest BCUT2D eigenvalue weighted by Crippen LogP contribution is -2.28. The van der Waals surface area contributed by atoms with E-state index in [-0.39, 0.29) is 0 Å². The lowest BCUT2D eigenvalue weighted by Gasteiger charge is -2.17. The van der Waals surface area contributed by atoms with Gasteiger partial charge in [-0.25, -0.2) is 0 Å². The number of aryl methyl sites for hydroxylation is 1. The zero-order chi connectivity index (χ0) is 15.1. The van der Waals surface area contributed by atoms with Gasteiger partial charge in [0.2, 0.25) is 0 Å². The Labute approximate surface area is 131 Å². The molecule has 2 aromatic rings. The number of thiophene rings is 1. The number of ether oxygens (including phenoxy) is 1. The molecule has 0 aliphatic carbocycles. The molecule has 21 heavy (non-hydrogen) atoms. The van der Waals surface area contributed by atoms with Crippen LogP contribution >= 0.6 is 11.3 Å². The molecular formula is C17H24N2OS. The van der Waals surface area contributed by atoms with E-state index in [0.717, 1.165) is 31.9 Å². The van der Waals surface area contributed by atoms with Crippen LogP contribution in [0.4, 0.5) is 0 Å². The second-order valence-electron chi connectivity index (χ2n) is 5.29. The average molecular weight is 304 g/mol. The molecular weight excluding hydrogens is 280 g/mol. The van der Waals surface area contributed by atoms with E-state index in [0.29, 0.717) is 0 Å². The Morgan fingerprint density at radius 3 is 2.57 bits per heavy atom. The molecule has 0 amide bonds. The highest BCUT2D eigenvalue weighted by Crippen LogP contribution is 2.15. The van der Waals surface area contributed by atoms with Crippen molar-refractivity contribution in [3.63, 3.8) is 0 Å². The van der Waals surface area contributed by atoms with Gasteiger partial charge in [0.25, 0.3) is 0 Å². The molecule has 0 atom stereocenters. The minimum absolute atomic E-state index is 0.911. The maximum absolute atomic E-state index is 5.18. The molecule has 0 saturated carbocycles. The van der Waals surface area contributed by atoms with Gasteiger partial charge >= 0.3 is 0 Å². The average Bonchev–Trinajstić information content (AvgIpc) is 2.90. The zero-order valence-electron chi connectivity index (χ0n) is 13.1. The number of nitrogens with one attached hydrogen (secondary N) is 1. The van der Waals surface area contributed by atoms with Crippen molar-refractivity contribution in [2.45, 2.75) is 20.0 Å². The van der Waals surface area contributed by atoms with E-state index < -0.39 is 0 Å². The lowest BCUT2D eigenvalue weighted by molar-refractivity contribution is 0.324. The Kier molecular flexibility index (Phi) is 6.23. The summed E-state index contributed by atoms with van der Waals surface area (Å²) < 4.78 is 5.18. The molecule has 0 saturated heterocycles. The number of nitrogens with zero attached hydrogens (tertiary/aromatic N) is 1. The van der Waals surface area contributed by atoms with Gasteiger partial charge in [0.15, 0.2) is 0 Å². The molecule has 4 heteroatoms. The first kappa shape index (κ1) is 16.0. The number of methoxy groups -OCH3 is 1. The van der Waals surface area contributed by atoms with Crippen LogP contribution in [0.25, 0.3) is 0 Å². The molecule has 0 aliphatic rings. The van der Waals surface area contributed by atoms with E-state index in [4.69, 9.17) is 4.74 Å². The molecule has 0 spiro atoms. The van der Waals surface area contributed by atoms with E-state index in [2.05, 4.69) is 47.8 Å². The fraction of sp³-hybridized carbons (Fsp3) is 0.412. The van der Waals surface area contributed by atoms with Crippen LogP contribution in [-0.2, 0) is 13.1 Å². The number of benzene rings is 1. The highest BCUT2D eigenvalue weighted by molar-refractivity contribution is 7.10. The Morgan fingerprint density at radius 1 is 1.19 bits per heavy atom. The molecule has 2 rings (SSSR count). The second-order valence-corrected chi connectivity index (χ2v) is 6.29. The monoisotopic (exact) mass is 304 g/mol. The molecule has 1 aromatic heterocycles. The maximum atomic E-state index is 5.18. The Hall–Kier alpha value is -1.36. The molecule has 0 unspecified atom stereocenters. The van der Waals surface area contributed by atoms with Gasteiger partial charge in [-0.05, 0) is 48.7 Å². The van der Waals surface area contributed by atoms with Crippen molar-refractivity contribution in [3.05, 3.63) is 51.7 Å². The molecule has 1 N–H and O–H groups in total. The van der Waals surface area contributed by atoms with Gasteiger partial charge in [0.1, 0.15) is 5.75 Å². The van der Waals surface area contributed by atoms with Crippen LogP contribution in [0.15, 0.2) is 35.7 Å². The Bertz CT molecular complexity index is 536. The van der Waals surface area contributed by atoms with Crippen LogP contribution in [0, 0.1) is 6.92 Å². The van der Waals surface area contributed by atoms with Crippen LogP contribution in [0.3, 0.4) is 0 Å². The summed E-state index contributed by atoms with van der Waals surface area (Å²) in [5, 5.41) is 5.67. The fourth-order valence-corrected chi connectivity index (χ4v) is 3.05. The van der Waals surface area contributed by atoms with Gasteiger partial charge in [-0.3, -0.25) is 0 Å². The summed E-state index contributed by atoms with van der Waals surface area (Å²) in [5.41, 5.74) is 2.70. The van der Waals surface area contributed by atoms with Crippen molar-refractivity contribution in [2.75, 3.05) is 27.2 Å². The summed E-state index contributed by atoms with van der Waals surface area (Å²) >= 11 is 1.83. The molecule has 1 aromatic carbocycles. The molecule has 0 fully saturated rings. The van der Waals surface area contributed by atoms with E-state index in [1.54, 1.807) is 7.11 Å². The van der Waals surface area contributed by atoms with Gasteiger partial charge in [0.05, 0.1) is 7.11 Å². The quantitative estimate of drug-likeness (QED) is 0.757. The summed E-state index contributed by atoms with van der Waals surface area (Å²) in [7, 11) is 3.85. The van der Waals surface area contributed by atoms with Gasteiger partial charge < -0.3 is 15.0 Å². The summed E-state index contributed by atoms with van der Waals surface area (Å²) in [6.07, 6.45) is 0. The van der Waals surface area contributed by atoms with E-state index in [9.17, 15) is 0 Å². The molecule has 0 radical (unpaired) electrons. The second kappa shape index (κ2) is 8.17. The molecule has 114 valence electrons. The third-order valence-corrected chi connectivity index (χ3v) is 4.56. The van der Waals surface area contributed by atoms with Crippen molar-refractivity contribution in [1.29, 1.82) is 0 Å². The first-order valence-corrected chi connectivity index (χ1v) is 8.12. The predicted molar refractivity (Wildman–Crippen MR) is 90.1 cm³/mol. The largest absolute Gasteiger partial charge is 0.497 e. The van der Waals surface area contributed by atoms with Crippen LogP contribution in [0.2, 0.25) is 0 Å². The molecule has 0 bridgehead atoms. The third-order valence-electron chi connectivity index (χ3n) is 3.54. The topological polar surface area (TPSA) is 24.5 Å². The van der Waals surface area contributed by atoms with Crippen molar-refractivity contribution in [3.8, 4) is 5.75 Å². The van der Waals surface area contributed by atoms with E-state index in [1.807, 2.05) is 23.5 Å². The Morgan fingerprint density at radius 2 is 1.95 bits per heavy atom. The highest BCUT2D eigenvalue weighted by atomic mass is 32.1. The first-order chi connectivity index (χ1) is 10.2. The standard InChI is InChI=1S/C17H24N2OS/c1-14-8-11-21-17(14)12-18-9-10-19(2)13-15-4-6-16(20-3)7-5-15/h4-8,11,18H,9-10,12-13H2,1-3H3. The number of hydrogen-bond acceptors (Lipinski definition) is 4. The minimum Gasteiger partial charge on any atom is -0.497 e. The van der Waals surface area contributed by atoms with Gasteiger partial charge in [-0.1, -0.05) is 12.1 Å². The molecule has 1 heterocycles. The minimum atomic E-state index is 0.911. The van der Waals surface area contributed by atoms with Crippen molar-refractivity contribution in [1.82, 2.24) is 10.2 Å². The Balaban J connectivity index is 1.67. The fourth-order valence-electron chi connectivity index (χ4n) is 2.18. The number of rotatable bonds is 8. The zero-order valence-corrected chi connectivity index (χ0v) is 13.9. The van der Waals surface area contributed by atoms with Crippen LogP contribution < -0.4 is 10.1 Å². The van der Waals surface area contributed by atoms with Crippen LogP contribution in [0.1, 0.15) is 16.0 Å². The summed E-state index contributed by atoms with van der Waals surface area (Å²) in [6, 6.07) is 10.5. The maximum Gasteiger partial charge on any atom is 0.118 e. The van der Waals surface area contributed by atoms with Gasteiger partial charge in [0, 0.05) is 31.1 Å².